The monoisotopic (exact) mass is 324 g/mol. The lowest BCUT2D eigenvalue weighted by molar-refractivity contribution is -0.138. The number of carboxylic acid groups (broad SMARTS) is 1. The molecule has 0 saturated carbocycles. The van der Waals surface area contributed by atoms with Gasteiger partial charge in [-0.15, -0.1) is 0 Å². The van der Waals surface area contributed by atoms with Crippen LogP contribution in [0.15, 0.2) is 39.8 Å². The Morgan fingerprint density at radius 2 is 1.95 bits per heavy atom. The molecule has 2 aromatic rings. The van der Waals surface area contributed by atoms with Crippen molar-refractivity contribution in [2.45, 2.75) is 31.2 Å². The Balaban J connectivity index is 2.26. The smallest absolute Gasteiger partial charge is 0.322 e. The van der Waals surface area contributed by atoms with Crippen molar-refractivity contribution in [2.24, 2.45) is 0 Å². The largest absolute Gasteiger partial charge is 0.480 e. The Bertz CT molecular complexity index is 748. The second-order valence-corrected chi connectivity index (χ2v) is 6.51. The van der Waals surface area contributed by atoms with Crippen LogP contribution in [0.5, 0.6) is 0 Å². The van der Waals surface area contributed by atoms with Crippen LogP contribution in [-0.2, 0) is 21.2 Å². The van der Waals surface area contributed by atoms with E-state index in [1.807, 2.05) is 0 Å². The van der Waals surface area contributed by atoms with E-state index in [1.54, 1.807) is 30.3 Å². The molecule has 0 fully saturated rings. The van der Waals surface area contributed by atoms with Crippen molar-refractivity contribution in [3.8, 4) is 0 Å². The third-order valence-corrected chi connectivity index (χ3v) is 4.83. The third kappa shape index (κ3) is 3.52. The van der Waals surface area contributed by atoms with Gasteiger partial charge < -0.3 is 9.63 Å². The minimum atomic E-state index is -4.03. The van der Waals surface area contributed by atoms with Crippen LogP contribution in [0.2, 0.25) is 0 Å². The molecule has 0 aliphatic rings. The molecule has 2 N–H and O–H groups in total. The van der Waals surface area contributed by atoms with E-state index in [4.69, 9.17) is 4.52 Å². The van der Waals surface area contributed by atoms with Crippen LogP contribution in [-0.4, -0.2) is 30.7 Å². The van der Waals surface area contributed by atoms with Crippen LogP contribution < -0.4 is 4.72 Å². The summed E-state index contributed by atoms with van der Waals surface area (Å²) >= 11 is 0. The van der Waals surface area contributed by atoms with Crippen molar-refractivity contribution in [3.63, 3.8) is 0 Å². The fourth-order valence-corrected chi connectivity index (χ4v) is 3.65. The summed E-state index contributed by atoms with van der Waals surface area (Å²) in [4.78, 5) is 11.2. The van der Waals surface area contributed by atoms with Gasteiger partial charge in [0.1, 0.15) is 16.6 Å². The molecule has 0 amide bonds. The Kier molecular flexibility index (Phi) is 4.62. The van der Waals surface area contributed by atoms with E-state index in [0.29, 0.717) is 0 Å². The number of rotatable bonds is 6. The number of nitrogens with zero attached hydrogens (tertiary/aromatic N) is 1. The zero-order valence-electron chi connectivity index (χ0n) is 12.1. The van der Waals surface area contributed by atoms with E-state index < -0.39 is 22.0 Å². The summed E-state index contributed by atoms with van der Waals surface area (Å²) < 4.78 is 31.8. The van der Waals surface area contributed by atoms with Gasteiger partial charge in [-0.25, -0.2) is 8.42 Å². The molecule has 0 spiro atoms. The molecule has 7 nitrogen and oxygen atoms in total. The van der Waals surface area contributed by atoms with Gasteiger partial charge in [-0.05, 0) is 25.8 Å². The Labute approximate surface area is 128 Å². The predicted molar refractivity (Wildman–Crippen MR) is 77.9 cm³/mol. The average molecular weight is 324 g/mol. The van der Waals surface area contributed by atoms with Crippen molar-refractivity contribution in [1.29, 1.82) is 0 Å². The number of carbonyl (C=O) groups is 1. The predicted octanol–water partition coefficient (Wildman–Crippen LogP) is 1.27. The zero-order valence-corrected chi connectivity index (χ0v) is 12.9. The molecule has 8 heteroatoms. The van der Waals surface area contributed by atoms with Crippen molar-refractivity contribution in [1.82, 2.24) is 9.88 Å². The molecule has 118 valence electrons. The van der Waals surface area contributed by atoms with Crippen LogP contribution in [0.25, 0.3) is 0 Å². The first-order valence-electron chi connectivity index (χ1n) is 6.53. The molecule has 0 aliphatic carbocycles. The van der Waals surface area contributed by atoms with E-state index in [-0.39, 0.29) is 22.8 Å². The molecule has 22 heavy (non-hydrogen) atoms. The summed E-state index contributed by atoms with van der Waals surface area (Å²) in [6.07, 6.45) is 0.0405. The van der Waals surface area contributed by atoms with Crippen LogP contribution in [0.3, 0.4) is 0 Å². The fraction of sp³-hybridized carbons (Fsp3) is 0.286. The summed E-state index contributed by atoms with van der Waals surface area (Å²) in [6.45, 7) is 2.94. The first kappa shape index (κ1) is 16.2. The molecule has 0 bridgehead atoms. The maximum Gasteiger partial charge on any atom is 0.322 e. The number of carboxylic acids is 1. The molecule has 0 aliphatic heterocycles. The summed E-state index contributed by atoms with van der Waals surface area (Å²) in [6, 6.07) is 7.52. The Morgan fingerprint density at radius 3 is 2.45 bits per heavy atom. The van der Waals surface area contributed by atoms with Crippen molar-refractivity contribution in [3.05, 3.63) is 47.3 Å². The first-order valence-corrected chi connectivity index (χ1v) is 8.01. The SMILES string of the molecule is Cc1noc(C)c1S(=O)(=O)N[C@@H](Cc1ccccc1)C(=O)O. The normalized spacial score (nSPS) is 13.0. The molecule has 0 unspecified atom stereocenters. The third-order valence-electron chi connectivity index (χ3n) is 3.11. The number of nitrogens with one attached hydrogen (secondary N) is 1. The minimum absolute atomic E-state index is 0.0405. The molecule has 1 heterocycles. The lowest BCUT2D eigenvalue weighted by Gasteiger charge is -2.14. The number of sulfonamides is 1. The summed E-state index contributed by atoms with van der Waals surface area (Å²) in [7, 11) is -4.03. The van der Waals surface area contributed by atoms with Gasteiger partial charge in [0.2, 0.25) is 10.0 Å². The van der Waals surface area contributed by atoms with Gasteiger partial charge in [0.25, 0.3) is 0 Å². The van der Waals surface area contributed by atoms with Crippen molar-refractivity contribution in [2.75, 3.05) is 0 Å². The highest BCUT2D eigenvalue weighted by Crippen LogP contribution is 2.19. The van der Waals surface area contributed by atoms with Crippen LogP contribution >= 0.6 is 0 Å². The molecule has 1 atom stereocenters. The summed E-state index contributed by atoms with van der Waals surface area (Å²) in [5.74, 6) is -1.13. The summed E-state index contributed by atoms with van der Waals surface area (Å²) in [5.41, 5.74) is 0.908. The number of hydrogen-bond acceptors (Lipinski definition) is 5. The molecule has 2 rings (SSSR count). The number of benzene rings is 1. The second kappa shape index (κ2) is 6.29. The maximum atomic E-state index is 12.4. The lowest BCUT2D eigenvalue weighted by atomic mass is 10.1. The molecule has 0 saturated heterocycles. The zero-order chi connectivity index (χ0) is 16.3. The van der Waals surface area contributed by atoms with E-state index in [0.717, 1.165) is 5.56 Å². The topological polar surface area (TPSA) is 110 Å². The van der Waals surface area contributed by atoms with Gasteiger partial charge in [-0.2, -0.15) is 4.72 Å². The average Bonchev–Trinajstić information content (AvgIpc) is 2.79. The highest BCUT2D eigenvalue weighted by molar-refractivity contribution is 7.89. The highest BCUT2D eigenvalue weighted by Gasteiger charge is 2.30. The minimum Gasteiger partial charge on any atom is -0.480 e. The van der Waals surface area contributed by atoms with Gasteiger partial charge in [0, 0.05) is 0 Å². The Hall–Kier alpha value is -2.19. The Morgan fingerprint density at radius 1 is 1.32 bits per heavy atom. The quantitative estimate of drug-likeness (QED) is 0.828. The number of aliphatic carboxylic acids is 1. The number of aromatic nitrogens is 1. The molecule has 1 aromatic heterocycles. The molecule has 1 aromatic carbocycles. The van der Waals surface area contributed by atoms with Crippen molar-refractivity contribution < 1.29 is 22.8 Å². The molecular formula is C14H16N2O5S. The van der Waals surface area contributed by atoms with Gasteiger partial charge in [0.15, 0.2) is 5.76 Å². The van der Waals surface area contributed by atoms with Crippen molar-refractivity contribution >= 4 is 16.0 Å². The van der Waals surface area contributed by atoms with E-state index in [2.05, 4.69) is 9.88 Å². The highest BCUT2D eigenvalue weighted by atomic mass is 32.2. The number of aryl methyl sites for hydroxylation is 2. The van der Waals surface area contributed by atoms with Gasteiger partial charge >= 0.3 is 5.97 Å². The second-order valence-electron chi connectivity index (χ2n) is 4.86. The van der Waals surface area contributed by atoms with E-state index in [9.17, 15) is 18.3 Å². The maximum absolute atomic E-state index is 12.4. The number of hydrogen-bond donors (Lipinski definition) is 2. The van der Waals surface area contributed by atoms with Gasteiger partial charge in [-0.1, -0.05) is 35.5 Å². The summed E-state index contributed by atoms with van der Waals surface area (Å²) in [5, 5.41) is 12.8. The molecular weight excluding hydrogens is 308 g/mol. The van der Waals surface area contributed by atoms with Crippen LogP contribution in [0.1, 0.15) is 17.0 Å². The van der Waals surface area contributed by atoms with E-state index >= 15 is 0 Å². The lowest BCUT2D eigenvalue weighted by Crippen LogP contribution is -2.42. The first-order chi connectivity index (χ1) is 10.3. The standard InChI is InChI=1S/C14H16N2O5S/c1-9-13(10(2)21-15-9)22(19,20)16-12(14(17)18)8-11-6-4-3-5-7-11/h3-7,12,16H,8H2,1-2H3,(H,17,18)/t12-/m0/s1. The van der Waals surface area contributed by atoms with E-state index in [1.165, 1.54) is 13.8 Å². The van der Waals surface area contributed by atoms with Gasteiger partial charge in [-0.3, -0.25) is 4.79 Å². The van der Waals surface area contributed by atoms with Gasteiger partial charge in [0.05, 0.1) is 0 Å². The molecule has 0 radical (unpaired) electrons. The van der Waals surface area contributed by atoms with Crippen LogP contribution in [0.4, 0.5) is 0 Å². The fourth-order valence-electron chi connectivity index (χ4n) is 2.13. The van der Waals surface area contributed by atoms with Crippen LogP contribution in [0, 0.1) is 13.8 Å².